The number of carbonyl (C=O) groups excluding carboxylic acids is 1. The third-order valence-electron chi connectivity index (χ3n) is 7.00. The van der Waals surface area contributed by atoms with Gasteiger partial charge < -0.3 is 20.9 Å². The van der Waals surface area contributed by atoms with E-state index >= 15 is 0 Å². The summed E-state index contributed by atoms with van der Waals surface area (Å²) < 4.78 is 0. The van der Waals surface area contributed by atoms with Crippen LogP contribution in [0.3, 0.4) is 0 Å². The number of nitrogens with zero attached hydrogens (tertiary/aromatic N) is 4. The topological polar surface area (TPSA) is 125 Å². The van der Waals surface area contributed by atoms with E-state index in [0.717, 1.165) is 50.3 Å². The lowest BCUT2D eigenvalue weighted by atomic mass is 9.86. The van der Waals surface area contributed by atoms with E-state index in [1.54, 1.807) is 19.1 Å². The van der Waals surface area contributed by atoms with Crippen LogP contribution in [0.5, 0.6) is 0 Å². The highest BCUT2D eigenvalue weighted by Gasteiger charge is 2.25. The number of aromatic nitrogens is 2. The summed E-state index contributed by atoms with van der Waals surface area (Å²) in [6.45, 7) is 2.28. The van der Waals surface area contributed by atoms with E-state index < -0.39 is 11.0 Å². The molecule has 1 fully saturated rings. The van der Waals surface area contributed by atoms with Crippen molar-refractivity contribution in [3.05, 3.63) is 45.1 Å². The van der Waals surface area contributed by atoms with E-state index in [0.29, 0.717) is 24.1 Å². The summed E-state index contributed by atoms with van der Waals surface area (Å²) in [6, 6.07) is 4.64. The molecule has 4 rings (SSSR count). The maximum atomic E-state index is 12.4. The Kier molecular flexibility index (Phi) is 7.67. The first-order valence-electron chi connectivity index (χ1n) is 12.4. The van der Waals surface area contributed by atoms with Crippen molar-refractivity contribution in [2.24, 2.45) is 5.92 Å². The number of nitrogens with one attached hydrogen (secondary N) is 3. The normalized spacial score (nSPS) is 19.4. The van der Waals surface area contributed by atoms with Crippen molar-refractivity contribution in [3.63, 3.8) is 0 Å². The Morgan fingerprint density at radius 2 is 1.89 bits per heavy atom. The van der Waals surface area contributed by atoms with Gasteiger partial charge in [0, 0.05) is 38.3 Å². The number of aryl methyl sites for hydroxylation is 2. The van der Waals surface area contributed by atoms with Crippen LogP contribution < -0.4 is 20.9 Å². The molecule has 2 aliphatic carbocycles. The second-order valence-corrected chi connectivity index (χ2v) is 9.82. The van der Waals surface area contributed by atoms with Gasteiger partial charge in [-0.15, -0.1) is 0 Å². The molecule has 2 aromatic rings. The smallest absolute Gasteiger partial charge is 0.319 e. The molecule has 0 bridgehead atoms. The van der Waals surface area contributed by atoms with Gasteiger partial charge in [-0.25, -0.2) is 9.78 Å². The minimum absolute atomic E-state index is 0.103. The van der Waals surface area contributed by atoms with E-state index in [1.807, 2.05) is 14.1 Å². The van der Waals surface area contributed by atoms with Crippen LogP contribution in [0.4, 0.5) is 27.9 Å². The number of benzene rings is 1. The average molecular weight is 482 g/mol. The quantitative estimate of drug-likeness (QED) is 0.394. The molecule has 1 aromatic carbocycles. The van der Waals surface area contributed by atoms with Gasteiger partial charge in [0.1, 0.15) is 11.5 Å². The molecule has 0 spiro atoms. The molecule has 0 radical (unpaired) electrons. The lowest BCUT2D eigenvalue weighted by molar-refractivity contribution is -0.383. The molecule has 0 aliphatic heterocycles. The molecular formula is C25H35N7O3. The molecule has 10 heteroatoms. The lowest BCUT2D eigenvalue weighted by Gasteiger charge is -2.30. The van der Waals surface area contributed by atoms with Crippen molar-refractivity contribution in [1.82, 2.24) is 15.3 Å². The van der Waals surface area contributed by atoms with Gasteiger partial charge in [-0.2, -0.15) is 4.98 Å². The van der Waals surface area contributed by atoms with Gasteiger partial charge in [-0.3, -0.25) is 10.1 Å². The first kappa shape index (κ1) is 24.7. The van der Waals surface area contributed by atoms with Crippen molar-refractivity contribution in [2.45, 2.75) is 64.3 Å². The maximum absolute atomic E-state index is 12.4. The summed E-state index contributed by atoms with van der Waals surface area (Å²) >= 11 is 0. The van der Waals surface area contributed by atoms with Crippen LogP contribution in [-0.2, 0) is 12.8 Å². The summed E-state index contributed by atoms with van der Waals surface area (Å²) in [6.07, 6.45) is 8.36. The molecule has 2 aliphatic rings. The predicted molar refractivity (Wildman–Crippen MR) is 137 cm³/mol. The zero-order valence-electron chi connectivity index (χ0n) is 20.8. The first-order valence-corrected chi connectivity index (χ1v) is 12.4. The average Bonchev–Trinajstić information content (AvgIpc) is 2.84. The Hall–Kier alpha value is -3.43. The Morgan fingerprint density at radius 1 is 1.14 bits per heavy atom. The fourth-order valence-corrected chi connectivity index (χ4v) is 5.06. The van der Waals surface area contributed by atoms with Gasteiger partial charge in [0.15, 0.2) is 0 Å². The fourth-order valence-electron chi connectivity index (χ4n) is 5.06. The van der Waals surface area contributed by atoms with Crippen LogP contribution >= 0.6 is 0 Å². The molecule has 2 amide bonds. The number of carbonyl (C=O) groups is 1. The number of nitro benzene ring substituents is 1. The summed E-state index contributed by atoms with van der Waals surface area (Å²) in [5, 5.41) is 20.4. The second kappa shape index (κ2) is 10.9. The van der Waals surface area contributed by atoms with Crippen LogP contribution in [0.25, 0.3) is 0 Å². The number of urea groups is 1. The number of hydrogen-bond donors (Lipinski definition) is 3. The maximum Gasteiger partial charge on any atom is 0.319 e. The summed E-state index contributed by atoms with van der Waals surface area (Å²) in [5.41, 5.74) is 3.26. The van der Waals surface area contributed by atoms with Gasteiger partial charge in [0.25, 0.3) is 5.69 Å². The summed E-state index contributed by atoms with van der Waals surface area (Å²) in [7, 11) is 4.07. The van der Waals surface area contributed by atoms with Gasteiger partial charge in [0.05, 0.1) is 10.6 Å². The molecule has 0 unspecified atom stereocenters. The number of rotatable bonds is 7. The highest BCUT2D eigenvalue weighted by Crippen LogP contribution is 2.31. The van der Waals surface area contributed by atoms with Crippen LogP contribution in [0.2, 0.25) is 0 Å². The van der Waals surface area contributed by atoms with Crippen LogP contribution in [0.15, 0.2) is 18.2 Å². The molecule has 0 saturated heterocycles. The Labute approximate surface area is 206 Å². The molecule has 10 nitrogen and oxygen atoms in total. The van der Waals surface area contributed by atoms with Gasteiger partial charge >= 0.3 is 6.03 Å². The van der Waals surface area contributed by atoms with Crippen molar-refractivity contribution >= 4 is 29.2 Å². The SMILES string of the molecule is Cc1cccc([N+](=O)[O-])c1NC(=O)NCC1CCC(Nc2nc3c(c(N(C)C)n2)CCCC3)CC1. The number of fused-ring (bicyclic) bond motifs is 1. The fraction of sp³-hybridized carbons (Fsp3) is 0.560. The molecule has 3 N–H and O–H groups in total. The third-order valence-corrected chi connectivity index (χ3v) is 7.00. The molecule has 188 valence electrons. The largest absolute Gasteiger partial charge is 0.362 e. The number of anilines is 3. The van der Waals surface area contributed by atoms with E-state index in [9.17, 15) is 14.9 Å². The predicted octanol–water partition coefficient (Wildman–Crippen LogP) is 4.43. The van der Waals surface area contributed by atoms with Crippen molar-refractivity contribution in [2.75, 3.05) is 36.2 Å². The lowest BCUT2D eigenvalue weighted by Crippen LogP contribution is -2.36. The van der Waals surface area contributed by atoms with Gasteiger partial charge in [-0.05, 0) is 69.8 Å². The third kappa shape index (κ3) is 5.98. The zero-order chi connectivity index (χ0) is 24.9. The number of hydrogen-bond acceptors (Lipinski definition) is 7. The van der Waals surface area contributed by atoms with Crippen LogP contribution in [0.1, 0.15) is 55.3 Å². The molecular weight excluding hydrogens is 446 g/mol. The standard InChI is InChI=1S/C25H35N7O3/c1-16-7-6-10-21(32(34)35)22(16)29-25(33)26-15-17-11-13-18(14-12-17)27-24-28-20-9-5-4-8-19(20)23(30-24)31(2)3/h6-7,10,17-18H,4-5,8-9,11-15H2,1-3H3,(H2,26,29,33)(H,27,28,30). The number of nitro groups is 1. The van der Waals surface area contributed by atoms with E-state index in [2.05, 4.69) is 20.9 Å². The van der Waals surface area contributed by atoms with Crippen molar-refractivity contribution < 1.29 is 9.72 Å². The monoisotopic (exact) mass is 481 g/mol. The van der Waals surface area contributed by atoms with E-state index in [4.69, 9.17) is 9.97 Å². The minimum Gasteiger partial charge on any atom is -0.362 e. The Morgan fingerprint density at radius 3 is 2.60 bits per heavy atom. The van der Waals surface area contributed by atoms with Gasteiger partial charge in [-0.1, -0.05) is 12.1 Å². The minimum atomic E-state index is -0.481. The molecule has 35 heavy (non-hydrogen) atoms. The van der Waals surface area contributed by atoms with E-state index in [-0.39, 0.29) is 11.4 Å². The highest BCUT2D eigenvalue weighted by atomic mass is 16.6. The summed E-state index contributed by atoms with van der Waals surface area (Å²) in [5.74, 6) is 2.11. The first-order chi connectivity index (χ1) is 16.8. The highest BCUT2D eigenvalue weighted by molar-refractivity contribution is 5.92. The number of para-hydroxylation sites is 1. The molecule has 1 heterocycles. The van der Waals surface area contributed by atoms with Crippen LogP contribution in [0, 0.1) is 23.0 Å². The molecule has 0 atom stereocenters. The molecule has 1 saturated carbocycles. The molecule has 1 aromatic heterocycles. The summed E-state index contributed by atoms with van der Waals surface area (Å²) in [4.78, 5) is 34.9. The van der Waals surface area contributed by atoms with Crippen molar-refractivity contribution in [1.29, 1.82) is 0 Å². The van der Waals surface area contributed by atoms with Crippen LogP contribution in [-0.4, -0.2) is 47.6 Å². The van der Waals surface area contributed by atoms with E-state index in [1.165, 1.54) is 30.2 Å². The number of amides is 2. The Balaban J connectivity index is 1.27. The second-order valence-electron chi connectivity index (χ2n) is 9.82. The Bertz CT molecular complexity index is 1080. The zero-order valence-corrected chi connectivity index (χ0v) is 20.8. The van der Waals surface area contributed by atoms with Gasteiger partial charge in [0.2, 0.25) is 5.95 Å². The van der Waals surface area contributed by atoms with Crippen molar-refractivity contribution in [3.8, 4) is 0 Å².